The summed E-state index contributed by atoms with van der Waals surface area (Å²) in [4.78, 5) is 17.6. The highest BCUT2D eigenvalue weighted by Gasteiger charge is 2.32. The number of ether oxygens (including phenoxy) is 1. The Morgan fingerprint density at radius 2 is 1.80 bits per heavy atom. The number of imidazole rings is 1. The average Bonchev–Trinajstić information content (AvgIpc) is 3.42. The van der Waals surface area contributed by atoms with Crippen molar-refractivity contribution in [3.05, 3.63) is 89.5 Å². The van der Waals surface area contributed by atoms with Gasteiger partial charge in [0, 0.05) is 44.1 Å². The van der Waals surface area contributed by atoms with Crippen LogP contribution in [0.2, 0.25) is 0 Å². The normalized spacial score (nSPS) is 18.9. The molecule has 0 radical (unpaired) electrons. The fraction of sp³-hybridized carbons (Fsp3) is 0.455. The molecular formula is C33H42N6O. The van der Waals surface area contributed by atoms with Crippen LogP contribution in [-0.4, -0.2) is 64.5 Å². The predicted octanol–water partition coefficient (Wildman–Crippen LogP) is 5.91. The van der Waals surface area contributed by atoms with Crippen molar-refractivity contribution in [1.82, 2.24) is 24.2 Å². The van der Waals surface area contributed by atoms with Crippen molar-refractivity contribution < 1.29 is 4.74 Å². The van der Waals surface area contributed by atoms with Gasteiger partial charge in [-0.3, -0.25) is 14.3 Å². The van der Waals surface area contributed by atoms with Gasteiger partial charge >= 0.3 is 0 Å². The molecule has 0 saturated carbocycles. The number of nitrogens with zero attached hydrogens (tertiary/aromatic N) is 6. The number of piperidine rings is 1. The van der Waals surface area contributed by atoms with Crippen molar-refractivity contribution in [1.29, 1.82) is 0 Å². The summed E-state index contributed by atoms with van der Waals surface area (Å²) in [6.45, 7) is 5.22. The second-order valence-corrected chi connectivity index (χ2v) is 11.6. The molecule has 0 bridgehead atoms. The zero-order valence-electron chi connectivity index (χ0n) is 24.3. The number of aromatic nitrogens is 3. The Hall–Kier alpha value is -3.42. The molecule has 1 unspecified atom stereocenters. The maximum atomic E-state index is 5.44. The average molecular weight is 539 g/mol. The molecule has 1 fully saturated rings. The lowest BCUT2D eigenvalue weighted by Gasteiger charge is -2.39. The van der Waals surface area contributed by atoms with E-state index in [0.717, 1.165) is 49.6 Å². The van der Waals surface area contributed by atoms with Crippen molar-refractivity contribution >= 4 is 11.5 Å². The van der Waals surface area contributed by atoms with Crippen LogP contribution in [0.25, 0.3) is 5.65 Å². The van der Waals surface area contributed by atoms with Crippen LogP contribution in [0.15, 0.2) is 67.0 Å². The molecule has 7 nitrogen and oxygen atoms in total. The molecule has 0 amide bonds. The molecule has 4 aromatic rings. The largest absolute Gasteiger partial charge is 0.497 e. The van der Waals surface area contributed by atoms with E-state index < -0.39 is 0 Å². The van der Waals surface area contributed by atoms with Crippen LogP contribution in [0, 0.1) is 0 Å². The number of anilines is 1. The Labute approximate surface area is 238 Å². The zero-order valence-corrected chi connectivity index (χ0v) is 24.3. The van der Waals surface area contributed by atoms with E-state index in [0.29, 0.717) is 6.04 Å². The third-order valence-electron chi connectivity index (χ3n) is 9.05. The molecular weight excluding hydrogens is 496 g/mol. The molecule has 2 aliphatic rings. The van der Waals surface area contributed by atoms with Gasteiger partial charge in [-0.25, -0.2) is 4.98 Å². The molecule has 3 aromatic heterocycles. The topological polar surface area (TPSA) is 49.1 Å². The first-order chi connectivity index (χ1) is 19.5. The van der Waals surface area contributed by atoms with Gasteiger partial charge in [0.15, 0.2) is 0 Å². The lowest BCUT2D eigenvalue weighted by molar-refractivity contribution is 0.115. The molecule has 1 saturated heterocycles. The minimum atomic E-state index is 0.193. The van der Waals surface area contributed by atoms with Gasteiger partial charge in [0.25, 0.3) is 0 Å². The van der Waals surface area contributed by atoms with E-state index in [1.54, 1.807) is 7.11 Å². The Morgan fingerprint density at radius 3 is 2.55 bits per heavy atom. The molecule has 0 spiro atoms. The number of benzene rings is 1. The fourth-order valence-corrected chi connectivity index (χ4v) is 6.68. The lowest BCUT2D eigenvalue weighted by Crippen LogP contribution is -2.42. The van der Waals surface area contributed by atoms with Crippen LogP contribution < -0.4 is 9.64 Å². The summed E-state index contributed by atoms with van der Waals surface area (Å²) in [5.74, 6) is 2.13. The first kappa shape index (κ1) is 26.8. The van der Waals surface area contributed by atoms with E-state index in [2.05, 4.69) is 101 Å². The number of hydrogen-bond acceptors (Lipinski definition) is 6. The van der Waals surface area contributed by atoms with E-state index in [1.807, 2.05) is 6.20 Å². The fourth-order valence-electron chi connectivity index (χ4n) is 6.68. The molecule has 0 N–H and O–H groups in total. The van der Waals surface area contributed by atoms with E-state index in [1.165, 1.54) is 41.9 Å². The number of rotatable bonds is 8. The van der Waals surface area contributed by atoms with Crippen molar-refractivity contribution in [3.8, 4) is 5.75 Å². The minimum absolute atomic E-state index is 0.193. The van der Waals surface area contributed by atoms with Crippen LogP contribution >= 0.6 is 0 Å². The van der Waals surface area contributed by atoms with Crippen LogP contribution in [0.3, 0.4) is 0 Å². The number of hydrogen-bond donors (Lipinski definition) is 0. The van der Waals surface area contributed by atoms with Crippen molar-refractivity contribution in [3.63, 3.8) is 0 Å². The first-order valence-electron chi connectivity index (χ1n) is 14.7. The van der Waals surface area contributed by atoms with Gasteiger partial charge in [-0.05, 0) is 94.6 Å². The molecule has 7 heteroatoms. The highest BCUT2D eigenvalue weighted by atomic mass is 16.5. The number of fused-ring (bicyclic) bond motifs is 2. The summed E-state index contributed by atoms with van der Waals surface area (Å²) in [6.07, 6.45) is 9.96. The van der Waals surface area contributed by atoms with Gasteiger partial charge < -0.3 is 14.5 Å². The maximum Gasteiger partial charge on any atom is 0.138 e. The highest BCUT2D eigenvalue weighted by Crippen LogP contribution is 2.39. The van der Waals surface area contributed by atoms with Gasteiger partial charge in [0.05, 0.1) is 24.5 Å². The van der Waals surface area contributed by atoms with E-state index >= 15 is 0 Å². The van der Waals surface area contributed by atoms with Gasteiger partial charge in [0.1, 0.15) is 17.2 Å². The second kappa shape index (κ2) is 11.6. The summed E-state index contributed by atoms with van der Waals surface area (Å²) in [5.41, 5.74) is 5.99. The van der Waals surface area contributed by atoms with Gasteiger partial charge in [0.2, 0.25) is 0 Å². The number of aryl methyl sites for hydroxylation is 1. The first-order valence-corrected chi connectivity index (χ1v) is 14.7. The molecule has 2 atom stereocenters. The third-order valence-corrected chi connectivity index (χ3v) is 9.05. The molecule has 40 heavy (non-hydrogen) atoms. The van der Waals surface area contributed by atoms with Gasteiger partial charge in [-0.2, -0.15) is 0 Å². The van der Waals surface area contributed by atoms with E-state index in [4.69, 9.17) is 14.7 Å². The highest BCUT2D eigenvalue weighted by molar-refractivity contribution is 5.53. The quantitative estimate of drug-likeness (QED) is 0.278. The summed E-state index contributed by atoms with van der Waals surface area (Å²) in [7, 11) is 6.11. The zero-order chi connectivity index (χ0) is 27.6. The maximum absolute atomic E-state index is 5.44. The lowest BCUT2D eigenvalue weighted by atomic mass is 9.89. The summed E-state index contributed by atoms with van der Waals surface area (Å²) in [5, 5.41) is 0. The molecule has 1 aliphatic heterocycles. The Morgan fingerprint density at radius 1 is 1.00 bits per heavy atom. The summed E-state index contributed by atoms with van der Waals surface area (Å²) >= 11 is 0. The Balaban J connectivity index is 1.32. The van der Waals surface area contributed by atoms with Gasteiger partial charge in [-0.15, -0.1) is 0 Å². The standard InChI is InChI=1S/C33H42N6O/c1-24(25-13-15-29(40-4)16-14-25)38(30-10-5-8-26-9-7-19-34-33(26)30)22-27-23-39-31(35-27)11-6-12-32(39)37-20-17-28(18-21-37)36(2)3/h6-7,9,11-16,19,23-24,28,30H,5,8,10,17-18,20-22H2,1-4H3/t24-,30?/m0/s1. The molecule has 1 aliphatic carbocycles. The van der Waals surface area contributed by atoms with Crippen molar-refractivity contribution in [2.24, 2.45) is 0 Å². The molecule has 6 rings (SSSR count). The molecule has 1 aromatic carbocycles. The monoisotopic (exact) mass is 538 g/mol. The Bertz CT molecular complexity index is 1420. The third kappa shape index (κ3) is 5.32. The van der Waals surface area contributed by atoms with Crippen LogP contribution in [0.4, 0.5) is 5.82 Å². The number of methoxy groups -OCH3 is 1. The van der Waals surface area contributed by atoms with E-state index in [-0.39, 0.29) is 12.1 Å². The van der Waals surface area contributed by atoms with Crippen molar-refractivity contribution in [2.45, 2.75) is 63.7 Å². The SMILES string of the molecule is COc1ccc([C@H](C)N(Cc2cn3c(N4CCC(N(C)C)CC4)cccc3n2)C2CCCc3cccnc32)cc1. The van der Waals surface area contributed by atoms with Crippen LogP contribution in [0.1, 0.15) is 67.2 Å². The predicted molar refractivity (Wildman–Crippen MR) is 161 cm³/mol. The molecule has 4 heterocycles. The number of pyridine rings is 2. The van der Waals surface area contributed by atoms with E-state index in [9.17, 15) is 0 Å². The minimum Gasteiger partial charge on any atom is -0.497 e. The second-order valence-electron chi connectivity index (χ2n) is 11.6. The van der Waals surface area contributed by atoms with Crippen molar-refractivity contribution in [2.75, 3.05) is 39.2 Å². The summed E-state index contributed by atoms with van der Waals surface area (Å²) in [6, 6.07) is 20.5. The Kier molecular flexibility index (Phi) is 7.76. The molecule has 210 valence electrons. The smallest absolute Gasteiger partial charge is 0.138 e. The van der Waals surface area contributed by atoms with Crippen LogP contribution in [0.5, 0.6) is 5.75 Å². The van der Waals surface area contributed by atoms with Gasteiger partial charge in [-0.1, -0.05) is 24.3 Å². The summed E-state index contributed by atoms with van der Waals surface area (Å²) < 4.78 is 7.74. The van der Waals surface area contributed by atoms with Crippen LogP contribution in [-0.2, 0) is 13.0 Å².